The van der Waals surface area contributed by atoms with E-state index in [-0.39, 0.29) is 12.8 Å². The van der Waals surface area contributed by atoms with Crippen LogP contribution in [-0.4, -0.2) is 16.6 Å². The van der Waals surface area contributed by atoms with Gasteiger partial charge in [0.1, 0.15) is 0 Å². The fourth-order valence-electron chi connectivity index (χ4n) is 1.65. The third kappa shape index (κ3) is 4.12. The average Bonchev–Trinajstić information content (AvgIpc) is 2.11. The molecule has 1 nitrogen and oxygen atoms in total. The number of hydrogen-bond acceptors (Lipinski definition) is 1. The number of rotatable bonds is 3. The van der Waals surface area contributed by atoms with E-state index in [1.165, 1.54) is 11.6 Å². The number of aliphatic hydroxyl groups is 1. The Kier molecular flexibility index (Phi) is 3.66. The first-order valence-corrected chi connectivity index (χ1v) is 5.27. The zero-order valence-corrected chi connectivity index (χ0v) is 9.26. The molecule has 1 unspecified atom stereocenters. The summed E-state index contributed by atoms with van der Waals surface area (Å²) in [6.45, 7) is 3.96. The van der Waals surface area contributed by atoms with Gasteiger partial charge in [-0.25, -0.2) is 8.78 Å². The topological polar surface area (TPSA) is 20.2 Å². The molecule has 1 aliphatic rings. The molecule has 0 amide bonds. The lowest BCUT2D eigenvalue weighted by Gasteiger charge is -2.30. The summed E-state index contributed by atoms with van der Waals surface area (Å²) in [7, 11) is 0. The summed E-state index contributed by atoms with van der Waals surface area (Å²) < 4.78 is 25.6. The van der Waals surface area contributed by atoms with Gasteiger partial charge in [-0.2, -0.15) is 0 Å². The molecule has 0 aliphatic heterocycles. The van der Waals surface area contributed by atoms with E-state index in [1.54, 1.807) is 0 Å². The number of hydrogen-bond donors (Lipinski definition) is 1. The average molecular weight is 216 g/mol. The van der Waals surface area contributed by atoms with Gasteiger partial charge in [0.2, 0.25) is 0 Å². The van der Waals surface area contributed by atoms with Crippen LogP contribution in [0.3, 0.4) is 0 Å². The van der Waals surface area contributed by atoms with Crippen LogP contribution in [-0.2, 0) is 0 Å². The van der Waals surface area contributed by atoms with Gasteiger partial charge in [0, 0.05) is 6.42 Å². The van der Waals surface area contributed by atoms with Crippen molar-refractivity contribution in [3.05, 3.63) is 23.8 Å². The second kappa shape index (κ2) is 4.44. The van der Waals surface area contributed by atoms with E-state index in [2.05, 4.69) is 0 Å². The summed E-state index contributed by atoms with van der Waals surface area (Å²) in [4.78, 5) is 0. The van der Waals surface area contributed by atoms with Gasteiger partial charge in [-0.15, -0.1) is 0 Å². The molecule has 1 atom stereocenters. The molecular formula is C12H18F2O. The minimum atomic E-state index is -2.73. The maximum Gasteiger partial charge on any atom is 0.266 e. The van der Waals surface area contributed by atoms with E-state index in [1.807, 2.05) is 19.9 Å². The Morgan fingerprint density at radius 3 is 2.47 bits per heavy atom. The molecule has 0 aromatic heterocycles. The second-order valence-electron chi connectivity index (χ2n) is 4.52. The quantitative estimate of drug-likeness (QED) is 0.716. The van der Waals surface area contributed by atoms with E-state index >= 15 is 0 Å². The van der Waals surface area contributed by atoms with Crippen LogP contribution in [0.4, 0.5) is 8.78 Å². The van der Waals surface area contributed by atoms with Crippen molar-refractivity contribution in [1.29, 1.82) is 0 Å². The molecule has 1 rings (SSSR count). The Morgan fingerprint density at radius 1 is 1.33 bits per heavy atom. The van der Waals surface area contributed by atoms with Gasteiger partial charge in [-0.3, -0.25) is 0 Å². The highest BCUT2D eigenvalue weighted by Crippen LogP contribution is 2.35. The monoisotopic (exact) mass is 216 g/mol. The van der Waals surface area contributed by atoms with Crippen molar-refractivity contribution in [3.63, 3.8) is 0 Å². The molecule has 0 aromatic rings. The van der Waals surface area contributed by atoms with Crippen LogP contribution in [0.2, 0.25) is 0 Å². The molecule has 0 radical (unpaired) electrons. The summed E-state index contributed by atoms with van der Waals surface area (Å²) in [5, 5.41) is 9.97. The van der Waals surface area contributed by atoms with Crippen molar-refractivity contribution in [2.24, 2.45) is 0 Å². The van der Waals surface area contributed by atoms with Crippen molar-refractivity contribution in [1.82, 2.24) is 0 Å². The van der Waals surface area contributed by atoms with Gasteiger partial charge >= 0.3 is 0 Å². The zero-order chi connectivity index (χ0) is 11.5. The van der Waals surface area contributed by atoms with E-state index in [0.717, 1.165) is 12.5 Å². The molecule has 3 heteroatoms. The minimum Gasteiger partial charge on any atom is -0.386 e. The van der Waals surface area contributed by atoms with Crippen LogP contribution in [0.1, 0.15) is 39.5 Å². The molecule has 1 aliphatic carbocycles. The first-order valence-electron chi connectivity index (χ1n) is 5.27. The maximum atomic E-state index is 12.8. The van der Waals surface area contributed by atoms with E-state index < -0.39 is 11.5 Å². The fourth-order valence-corrected chi connectivity index (χ4v) is 1.65. The molecule has 0 aromatic carbocycles. The second-order valence-corrected chi connectivity index (χ2v) is 4.52. The largest absolute Gasteiger partial charge is 0.386 e. The van der Waals surface area contributed by atoms with Gasteiger partial charge < -0.3 is 5.11 Å². The number of allylic oxidation sites excluding steroid dienone is 3. The number of alkyl halides is 2. The van der Waals surface area contributed by atoms with Gasteiger partial charge in [0.05, 0.1) is 5.60 Å². The first kappa shape index (κ1) is 12.4. The van der Waals surface area contributed by atoms with Crippen molar-refractivity contribution in [2.75, 3.05) is 0 Å². The van der Waals surface area contributed by atoms with E-state index in [0.29, 0.717) is 6.42 Å². The van der Waals surface area contributed by atoms with Crippen LogP contribution in [0.15, 0.2) is 23.8 Å². The highest BCUT2D eigenvalue weighted by Gasteiger charge is 2.36. The lowest BCUT2D eigenvalue weighted by atomic mass is 9.85. The molecule has 86 valence electrons. The molecule has 1 N–H and O–H groups in total. The first-order chi connectivity index (χ1) is 6.83. The standard InChI is InChI=1S/C12H18F2O/c1-10(2)4-3-5-11(15)6-8-12(13,14)9-7-11/h4,6,8,15H,3,5,7,9H2,1-2H3. The van der Waals surface area contributed by atoms with Crippen LogP contribution >= 0.6 is 0 Å². The molecule has 0 spiro atoms. The Balaban J connectivity index is 2.52. The van der Waals surface area contributed by atoms with Gasteiger partial charge in [0.15, 0.2) is 0 Å². The lowest BCUT2D eigenvalue weighted by molar-refractivity contribution is -0.0144. The van der Waals surface area contributed by atoms with Crippen LogP contribution in [0, 0.1) is 0 Å². The van der Waals surface area contributed by atoms with Crippen LogP contribution in [0.25, 0.3) is 0 Å². The predicted molar refractivity (Wildman–Crippen MR) is 56.9 cm³/mol. The van der Waals surface area contributed by atoms with Crippen molar-refractivity contribution >= 4 is 0 Å². The number of halogens is 2. The normalized spacial score (nSPS) is 28.9. The Bertz CT molecular complexity index is 277. The highest BCUT2D eigenvalue weighted by atomic mass is 19.3. The van der Waals surface area contributed by atoms with E-state index in [9.17, 15) is 13.9 Å². The molecular weight excluding hydrogens is 198 g/mol. The van der Waals surface area contributed by atoms with Crippen molar-refractivity contribution in [3.8, 4) is 0 Å². The Hall–Kier alpha value is -0.700. The van der Waals surface area contributed by atoms with Crippen LogP contribution < -0.4 is 0 Å². The van der Waals surface area contributed by atoms with Gasteiger partial charge in [-0.1, -0.05) is 17.7 Å². The lowest BCUT2D eigenvalue weighted by Crippen LogP contribution is -2.33. The van der Waals surface area contributed by atoms with Gasteiger partial charge in [-0.05, 0) is 39.2 Å². The van der Waals surface area contributed by atoms with Crippen molar-refractivity contribution < 1.29 is 13.9 Å². The summed E-state index contributed by atoms with van der Waals surface area (Å²) in [5.74, 6) is -2.73. The van der Waals surface area contributed by atoms with Crippen molar-refractivity contribution in [2.45, 2.75) is 51.1 Å². The Morgan fingerprint density at radius 2 is 2.00 bits per heavy atom. The van der Waals surface area contributed by atoms with Gasteiger partial charge in [0.25, 0.3) is 5.92 Å². The van der Waals surface area contributed by atoms with E-state index in [4.69, 9.17) is 0 Å². The summed E-state index contributed by atoms with van der Waals surface area (Å²) >= 11 is 0. The summed E-state index contributed by atoms with van der Waals surface area (Å²) in [6.07, 6.45) is 5.24. The minimum absolute atomic E-state index is 0.146. The molecule has 0 heterocycles. The molecule has 0 saturated carbocycles. The Labute approximate surface area is 89.5 Å². The zero-order valence-electron chi connectivity index (χ0n) is 9.26. The maximum absolute atomic E-state index is 12.8. The molecule has 0 fully saturated rings. The molecule has 0 saturated heterocycles. The third-order valence-electron chi connectivity index (χ3n) is 2.66. The smallest absolute Gasteiger partial charge is 0.266 e. The predicted octanol–water partition coefficient (Wildman–Crippen LogP) is 3.45. The molecule has 0 bridgehead atoms. The summed E-state index contributed by atoms with van der Waals surface area (Å²) in [6, 6.07) is 0. The summed E-state index contributed by atoms with van der Waals surface area (Å²) in [5.41, 5.74) is 0.150. The third-order valence-corrected chi connectivity index (χ3v) is 2.66. The SMILES string of the molecule is CC(C)=CCCC1(O)C=CC(F)(F)CC1. The van der Waals surface area contributed by atoms with Crippen LogP contribution in [0.5, 0.6) is 0 Å². The highest BCUT2D eigenvalue weighted by molar-refractivity contribution is 5.12. The molecule has 15 heavy (non-hydrogen) atoms. The fraction of sp³-hybridized carbons (Fsp3) is 0.667.